The van der Waals surface area contributed by atoms with Crippen molar-refractivity contribution in [3.63, 3.8) is 0 Å². The lowest BCUT2D eigenvalue weighted by atomic mass is 10.0. The molecule has 1 fully saturated rings. The number of hydrogen-bond donors (Lipinski definition) is 2. The lowest BCUT2D eigenvalue weighted by Gasteiger charge is -2.30. The van der Waals surface area contributed by atoms with Gasteiger partial charge in [-0.3, -0.25) is 19.9 Å². The van der Waals surface area contributed by atoms with Crippen LogP contribution >= 0.6 is 0 Å². The molecule has 10 heteroatoms. The van der Waals surface area contributed by atoms with Crippen LogP contribution in [0.2, 0.25) is 0 Å². The van der Waals surface area contributed by atoms with Gasteiger partial charge in [0.25, 0.3) is 5.91 Å². The van der Waals surface area contributed by atoms with E-state index in [0.29, 0.717) is 37.6 Å². The third-order valence-corrected chi connectivity index (χ3v) is 6.20. The van der Waals surface area contributed by atoms with Crippen LogP contribution in [0.5, 0.6) is 0 Å². The van der Waals surface area contributed by atoms with Gasteiger partial charge in [-0.1, -0.05) is 24.3 Å². The van der Waals surface area contributed by atoms with E-state index in [-0.39, 0.29) is 25.4 Å². The van der Waals surface area contributed by atoms with E-state index in [1.54, 1.807) is 18.3 Å². The fourth-order valence-corrected chi connectivity index (χ4v) is 4.28. The first-order valence-corrected chi connectivity index (χ1v) is 12.3. The number of pyridine rings is 1. The van der Waals surface area contributed by atoms with Gasteiger partial charge in [-0.2, -0.15) is 0 Å². The molecule has 0 saturated carbocycles. The Hall–Kier alpha value is -4.44. The molecular weight excluding hydrogens is 488 g/mol. The Morgan fingerprint density at radius 3 is 2.58 bits per heavy atom. The summed E-state index contributed by atoms with van der Waals surface area (Å²) < 4.78 is 10.3. The molecule has 2 N–H and O–H groups in total. The van der Waals surface area contributed by atoms with Crippen LogP contribution in [0.3, 0.4) is 0 Å². The summed E-state index contributed by atoms with van der Waals surface area (Å²) in [6, 6.07) is 16.8. The molecule has 2 aromatic carbocycles. The first kappa shape index (κ1) is 26.6. The average Bonchev–Trinajstić information content (AvgIpc) is 2.95. The summed E-state index contributed by atoms with van der Waals surface area (Å²) in [4.78, 5) is 44.1. The second-order valence-electron chi connectivity index (χ2n) is 8.76. The molecule has 1 saturated heterocycles. The highest BCUT2D eigenvalue weighted by Crippen LogP contribution is 2.33. The van der Waals surface area contributed by atoms with Gasteiger partial charge in [-0.15, -0.1) is 0 Å². The number of aromatic nitrogens is 1. The number of carboxylic acid groups (broad SMARTS) is 1. The van der Waals surface area contributed by atoms with Gasteiger partial charge in [0.05, 0.1) is 43.7 Å². The van der Waals surface area contributed by atoms with Crippen LogP contribution in [-0.4, -0.2) is 72.9 Å². The molecule has 0 atom stereocenters. The van der Waals surface area contributed by atoms with Crippen LogP contribution in [0.4, 0.5) is 16.2 Å². The predicted octanol–water partition coefficient (Wildman–Crippen LogP) is 3.88. The summed E-state index contributed by atoms with van der Waals surface area (Å²) in [5.74, 6) is -1.27. The topological polar surface area (TPSA) is 121 Å². The normalized spacial score (nSPS) is 13.0. The number of amides is 2. The maximum absolute atomic E-state index is 13.1. The van der Waals surface area contributed by atoms with Gasteiger partial charge in [0.2, 0.25) is 0 Å². The molecule has 2 heterocycles. The zero-order valence-electron chi connectivity index (χ0n) is 21.1. The molecule has 3 aromatic rings. The van der Waals surface area contributed by atoms with Gasteiger partial charge in [-0.05, 0) is 47.0 Å². The number of ether oxygens (including phenoxy) is 2. The van der Waals surface area contributed by atoms with E-state index < -0.39 is 12.1 Å². The summed E-state index contributed by atoms with van der Waals surface area (Å²) in [6.07, 6.45) is 2.32. The number of carboxylic acids is 1. The highest BCUT2D eigenvalue weighted by Gasteiger charge is 2.19. The number of anilines is 2. The van der Waals surface area contributed by atoms with Gasteiger partial charge in [0.1, 0.15) is 0 Å². The van der Waals surface area contributed by atoms with Gasteiger partial charge in [0, 0.05) is 38.6 Å². The monoisotopic (exact) mass is 518 g/mol. The van der Waals surface area contributed by atoms with Crippen molar-refractivity contribution in [1.29, 1.82) is 0 Å². The van der Waals surface area contributed by atoms with E-state index in [0.717, 1.165) is 22.4 Å². The number of methoxy groups -OCH3 is 1. The van der Waals surface area contributed by atoms with Gasteiger partial charge < -0.3 is 24.4 Å². The number of hydrogen-bond acceptors (Lipinski definition) is 7. The van der Waals surface area contributed by atoms with Crippen LogP contribution in [0.25, 0.3) is 11.1 Å². The largest absolute Gasteiger partial charge is 0.481 e. The minimum absolute atomic E-state index is 0.0642. The summed E-state index contributed by atoms with van der Waals surface area (Å²) in [5, 5.41) is 12.0. The van der Waals surface area contributed by atoms with E-state index in [9.17, 15) is 19.5 Å². The molecule has 1 aliphatic heterocycles. The Kier molecular flexibility index (Phi) is 8.89. The van der Waals surface area contributed by atoms with Crippen molar-refractivity contribution in [2.45, 2.75) is 13.0 Å². The molecule has 1 aromatic heterocycles. The van der Waals surface area contributed by atoms with E-state index >= 15 is 0 Å². The maximum Gasteiger partial charge on any atom is 0.411 e. The van der Waals surface area contributed by atoms with Crippen molar-refractivity contribution >= 4 is 29.3 Å². The van der Waals surface area contributed by atoms with Gasteiger partial charge in [-0.25, -0.2) is 4.79 Å². The number of nitrogens with zero attached hydrogens (tertiary/aromatic N) is 3. The standard InChI is InChI=1S/C28H30N4O6/c1-37-28(36)30-24-17-22(7-8-25(24)31-12-14-38-15-13-31)21-5-2-4-20(16-21)19-32(11-9-26(33)34)27(35)23-6-3-10-29-18-23/h2-8,10,16-18H,9,11-15,19H2,1H3,(H,30,36)(H,33,34). The molecule has 1 aliphatic rings. The molecule has 38 heavy (non-hydrogen) atoms. The Balaban J connectivity index is 1.61. The summed E-state index contributed by atoms with van der Waals surface area (Å²) in [6.45, 7) is 2.93. The predicted molar refractivity (Wildman–Crippen MR) is 142 cm³/mol. The van der Waals surface area contributed by atoms with Gasteiger partial charge in [0.15, 0.2) is 0 Å². The number of benzene rings is 2. The third-order valence-electron chi connectivity index (χ3n) is 6.20. The molecule has 2 amide bonds. The van der Waals surface area contributed by atoms with Crippen molar-refractivity contribution in [3.8, 4) is 11.1 Å². The lowest BCUT2D eigenvalue weighted by Crippen LogP contribution is -2.36. The second-order valence-corrected chi connectivity index (χ2v) is 8.76. The van der Waals surface area contributed by atoms with Crippen molar-refractivity contribution < 1.29 is 29.0 Å². The molecule has 0 radical (unpaired) electrons. The molecular formula is C28H30N4O6. The molecule has 198 valence electrons. The summed E-state index contributed by atoms with van der Waals surface area (Å²) in [5.41, 5.74) is 4.48. The Bertz CT molecular complexity index is 1280. The lowest BCUT2D eigenvalue weighted by molar-refractivity contribution is -0.137. The summed E-state index contributed by atoms with van der Waals surface area (Å²) in [7, 11) is 1.32. The van der Waals surface area contributed by atoms with Crippen molar-refractivity contribution in [2.75, 3.05) is 50.2 Å². The number of rotatable bonds is 9. The molecule has 10 nitrogen and oxygen atoms in total. The maximum atomic E-state index is 13.1. The zero-order valence-corrected chi connectivity index (χ0v) is 21.1. The second kappa shape index (κ2) is 12.7. The fourth-order valence-electron chi connectivity index (χ4n) is 4.28. The first-order valence-electron chi connectivity index (χ1n) is 12.3. The van der Waals surface area contributed by atoms with Crippen molar-refractivity contribution in [3.05, 3.63) is 78.1 Å². The molecule has 0 spiro atoms. The van der Waals surface area contributed by atoms with Crippen LogP contribution in [0.15, 0.2) is 67.0 Å². The smallest absolute Gasteiger partial charge is 0.411 e. The van der Waals surface area contributed by atoms with E-state index in [4.69, 9.17) is 9.47 Å². The molecule has 4 rings (SSSR count). The third kappa shape index (κ3) is 6.86. The number of carbonyl (C=O) groups excluding carboxylic acids is 2. The van der Waals surface area contributed by atoms with Crippen LogP contribution in [-0.2, 0) is 20.8 Å². The molecule has 0 unspecified atom stereocenters. The highest BCUT2D eigenvalue weighted by molar-refractivity contribution is 5.94. The highest BCUT2D eigenvalue weighted by atomic mass is 16.5. The van der Waals surface area contributed by atoms with Crippen LogP contribution < -0.4 is 10.2 Å². The Labute approximate surface area is 220 Å². The molecule has 0 aliphatic carbocycles. The summed E-state index contributed by atoms with van der Waals surface area (Å²) >= 11 is 0. The Morgan fingerprint density at radius 2 is 1.87 bits per heavy atom. The van der Waals surface area contributed by atoms with E-state index in [1.807, 2.05) is 42.5 Å². The fraction of sp³-hybridized carbons (Fsp3) is 0.286. The zero-order chi connectivity index (χ0) is 26.9. The van der Waals surface area contributed by atoms with Crippen LogP contribution in [0.1, 0.15) is 22.3 Å². The average molecular weight is 519 g/mol. The van der Waals surface area contributed by atoms with E-state index in [2.05, 4.69) is 15.2 Å². The van der Waals surface area contributed by atoms with Crippen LogP contribution in [0, 0.1) is 0 Å². The number of carbonyl (C=O) groups is 3. The minimum atomic E-state index is -0.978. The van der Waals surface area contributed by atoms with Crippen molar-refractivity contribution in [1.82, 2.24) is 9.88 Å². The number of nitrogens with one attached hydrogen (secondary N) is 1. The quantitative estimate of drug-likeness (QED) is 0.438. The number of aliphatic carboxylic acids is 1. The van der Waals surface area contributed by atoms with Gasteiger partial charge >= 0.3 is 12.1 Å². The first-order chi connectivity index (χ1) is 18.4. The van der Waals surface area contributed by atoms with E-state index in [1.165, 1.54) is 18.2 Å². The Morgan fingerprint density at radius 1 is 1.08 bits per heavy atom. The molecule has 0 bridgehead atoms. The minimum Gasteiger partial charge on any atom is -0.481 e. The number of morpholine rings is 1. The SMILES string of the molecule is COC(=O)Nc1cc(-c2cccc(CN(CCC(=O)O)C(=O)c3cccnc3)c2)ccc1N1CCOCC1. The van der Waals surface area contributed by atoms with Crippen molar-refractivity contribution in [2.24, 2.45) is 0 Å².